The molecule has 4 N–H and O–H groups in total. The fourth-order valence-electron chi connectivity index (χ4n) is 4.90. The number of rotatable bonds is 9. The van der Waals surface area contributed by atoms with Crippen molar-refractivity contribution in [3.8, 4) is 0 Å². The van der Waals surface area contributed by atoms with Crippen molar-refractivity contribution in [2.45, 2.75) is 62.6 Å². The fraction of sp³-hybridized carbons (Fsp3) is 0.609. The van der Waals surface area contributed by atoms with Gasteiger partial charge in [0.15, 0.2) is 5.60 Å². The van der Waals surface area contributed by atoms with Crippen LogP contribution >= 0.6 is 23.2 Å². The Morgan fingerprint density at radius 3 is 2.21 bits per heavy atom. The highest BCUT2D eigenvalue weighted by Crippen LogP contribution is 2.46. The van der Waals surface area contributed by atoms with E-state index < -0.39 is 36.4 Å². The summed E-state index contributed by atoms with van der Waals surface area (Å²) in [5.41, 5.74) is -1.42. The van der Waals surface area contributed by atoms with E-state index in [1.807, 2.05) is 6.07 Å². The van der Waals surface area contributed by atoms with E-state index in [-0.39, 0.29) is 0 Å². The Bertz CT molecular complexity index is 880. The van der Waals surface area contributed by atoms with E-state index in [2.05, 4.69) is 31.0 Å². The molecule has 3 rings (SSSR count). The third-order valence-electron chi connectivity index (χ3n) is 6.60. The van der Waals surface area contributed by atoms with Gasteiger partial charge in [-0.3, -0.25) is 9.59 Å². The van der Waals surface area contributed by atoms with Crippen LogP contribution in [0.4, 0.5) is 0 Å². The number of carboxylic acid groups (broad SMARTS) is 3. The van der Waals surface area contributed by atoms with Crippen molar-refractivity contribution in [1.82, 2.24) is 4.90 Å². The van der Waals surface area contributed by atoms with E-state index in [0.717, 1.165) is 13.2 Å². The van der Waals surface area contributed by atoms with Gasteiger partial charge in [-0.25, -0.2) is 4.79 Å². The molecule has 2 aliphatic rings. The van der Waals surface area contributed by atoms with Crippen LogP contribution < -0.4 is 0 Å². The van der Waals surface area contributed by atoms with E-state index in [4.69, 9.17) is 48.4 Å². The van der Waals surface area contributed by atoms with Crippen molar-refractivity contribution in [2.24, 2.45) is 5.92 Å². The lowest BCUT2D eigenvalue weighted by Crippen LogP contribution is -2.47. The van der Waals surface area contributed by atoms with E-state index >= 15 is 0 Å². The summed E-state index contributed by atoms with van der Waals surface area (Å²) in [5.74, 6) is -3.94. The maximum absolute atomic E-state index is 10.3. The first-order valence-corrected chi connectivity index (χ1v) is 11.8. The van der Waals surface area contributed by atoms with E-state index in [9.17, 15) is 14.4 Å². The number of aliphatic carboxylic acids is 3. The fourth-order valence-corrected chi connectivity index (χ4v) is 5.21. The highest BCUT2D eigenvalue weighted by atomic mass is 35.5. The van der Waals surface area contributed by atoms with Crippen LogP contribution in [0, 0.1) is 5.92 Å². The number of nitrogens with zero attached hydrogens (tertiary/aromatic N) is 1. The van der Waals surface area contributed by atoms with Gasteiger partial charge in [0.25, 0.3) is 0 Å². The van der Waals surface area contributed by atoms with Crippen molar-refractivity contribution in [1.29, 1.82) is 0 Å². The molecule has 0 radical (unpaired) electrons. The van der Waals surface area contributed by atoms with Crippen LogP contribution in [0.5, 0.6) is 0 Å². The number of ether oxygens (including phenoxy) is 1. The smallest absolute Gasteiger partial charge is 0.336 e. The van der Waals surface area contributed by atoms with Crippen LogP contribution in [-0.4, -0.2) is 81.2 Å². The van der Waals surface area contributed by atoms with Crippen molar-refractivity contribution in [3.63, 3.8) is 0 Å². The summed E-state index contributed by atoms with van der Waals surface area (Å²) >= 11 is 12.3. The molecule has 1 aromatic rings. The van der Waals surface area contributed by atoms with E-state index in [1.165, 1.54) is 24.8 Å². The minimum Gasteiger partial charge on any atom is -0.481 e. The van der Waals surface area contributed by atoms with Crippen LogP contribution in [0.1, 0.15) is 50.5 Å². The molecule has 0 saturated carbocycles. The first kappa shape index (κ1) is 28.3. The average molecular weight is 520 g/mol. The number of aliphatic hydroxyl groups is 1. The SMILES string of the molecule is CCOC[C@@H]1[C@@H](c2ccc(Cl)c(Cl)c2)C[C@@H]2CC[C@H]1N2C.O=C(O)CC(O)(CC(=O)O)C(=O)O. The third kappa shape index (κ3) is 7.05. The van der Waals surface area contributed by atoms with Gasteiger partial charge in [-0.15, -0.1) is 0 Å². The summed E-state index contributed by atoms with van der Waals surface area (Å²) in [7, 11) is 2.27. The predicted octanol–water partition coefficient (Wildman–Crippen LogP) is 3.35. The van der Waals surface area contributed by atoms with Crippen molar-refractivity contribution < 1.29 is 39.5 Å². The van der Waals surface area contributed by atoms with Gasteiger partial charge < -0.3 is 30.1 Å². The first-order valence-electron chi connectivity index (χ1n) is 11.0. The zero-order valence-corrected chi connectivity index (χ0v) is 20.6. The molecule has 11 heteroatoms. The van der Waals surface area contributed by atoms with E-state index in [0.29, 0.717) is 34.0 Å². The molecule has 0 aliphatic carbocycles. The lowest BCUT2D eigenvalue weighted by atomic mass is 9.76. The molecule has 0 spiro atoms. The Balaban J connectivity index is 0.000000273. The lowest BCUT2D eigenvalue weighted by molar-refractivity contribution is -0.170. The normalized spacial score (nSPS) is 24.3. The number of hydrogen-bond donors (Lipinski definition) is 4. The summed E-state index contributed by atoms with van der Waals surface area (Å²) in [4.78, 5) is 33.1. The monoisotopic (exact) mass is 519 g/mol. The summed E-state index contributed by atoms with van der Waals surface area (Å²) in [6.45, 7) is 3.69. The number of benzene rings is 1. The summed E-state index contributed by atoms with van der Waals surface area (Å²) < 4.78 is 5.79. The number of halogens is 2. The van der Waals surface area contributed by atoms with Gasteiger partial charge in [0.1, 0.15) is 0 Å². The van der Waals surface area contributed by atoms with Gasteiger partial charge in [0, 0.05) is 24.6 Å². The van der Waals surface area contributed by atoms with Gasteiger partial charge in [-0.05, 0) is 56.8 Å². The maximum atomic E-state index is 10.3. The Labute approximate surface area is 208 Å². The number of hydrogen-bond acceptors (Lipinski definition) is 6. The molecule has 0 aromatic heterocycles. The molecular weight excluding hydrogens is 489 g/mol. The molecule has 2 heterocycles. The van der Waals surface area contributed by atoms with Crippen molar-refractivity contribution in [2.75, 3.05) is 20.3 Å². The second-order valence-corrected chi connectivity index (χ2v) is 9.60. The van der Waals surface area contributed by atoms with Crippen molar-refractivity contribution >= 4 is 41.1 Å². The van der Waals surface area contributed by atoms with Gasteiger partial charge in [-0.1, -0.05) is 29.3 Å². The Morgan fingerprint density at radius 1 is 1.09 bits per heavy atom. The summed E-state index contributed by atoms with van der Waals surface area (Å²) in [5, 5.41) is 35.1. The standard InChI is InChI=1S/C17H23Cl2NO.C6H8O7/c1-3-21-10-14-13(9-12-5-7-17(14)20(12)2)11-4-6-15(18)16(19)8-11;7-3(8)1-6(13,5(11)12)2-4(9)10/h4,6,8,12-14,17H,3,5,7,9-10H2,1-2H3;13H,1-2H2,(H,7,8)(H,9,10)(H,11,12)/t12-,13+,14+,17+;/m0./s1. The zero-order chi connectivity index (χ0) is 25.6. The Kier molecular flexibility index (Phi) is 10.1. The van der Waals surface area contributed by atoms with Gasteiger partial charge >= 0.3 is 17.9 Å². The van der Waals surface area contributed by atoms with Crippen LogP contribution in [0.3, 0.4) is 0 Å². The van der Waals surface area contributed by atoms with Crippen molar-refractivity contribution in [3.05, 3.63) is 33.8 Å². The second-order valence-electron chi connectivity index (χ2n) is 8.78. The minimum atomic E-state index is -2.74. The summed E-state index contributed by atoms with van der Waals surface area (Å²) in [6, 6.07) is 7.46. The highest BCUT2D eigenvalue weighted by molar-refractivity contribution is 6.42. The number of carboxylic acids is 3. The molecule has 0 unspecified atom stereocenters. The Morgan fingerprint density at radius 2 is 1.71 bits per heavy atom. The maximum Gasteiger partial charge on any atom is 0.336 e. The molecule has 2 bridgehead atoms. The van der Waals surface area contributed by atoms with Gasteiger partial charge in [0.2, 0.25) is 0 Å². The first-order chi connectivity index (χ1) is 15.9. The number of carbonyl (C=O) groups is 3. The molecule has 1 aromatic carbocycles. The van der Waals surface area contributed by atoms with Gasteiger partial charge in [-0.2, -0.15) is 0 Å². The van der Waals surface area contributed by atoms with Crippen LogP contribution in [0.25, 0.3) is 0 Å². The van der Waals surface area contributed by atoms with E-state index in [1.54, 1.807) is 0 Å². The minimum absolute atomic E-state index is 0.528. The topological polar surface area (TPSA) is 145 Å². The zero-order valence-electron chi connectivity index (χ0n) is 19.1. The van der Waals surface area contributed by atoms with Gasteiger partial charge in [0.05, 0.1) is 29.5 Å². The molecule has 0 amide bonds. The van der Waals surface area contributed by atoms with Crippen LogP contribution in [0.15, 0.2) is 18.2 Å². The summed E-state index contributed by atoms with van der Waals surface area (Å²) in [6.07, 6.45) is 1.50. The molecule has 2 saturated heterocycles. The van der Waals surface area contributed by atoms with Crippen LogP contribution in [0.2, 0.25) is 10.0 Å². The molecule has 190 valence electrons. The average Bonchev–Trinajstić information content (AvgIpc) is 2.97. The number of piperidine rings is 1. The number of fused-ring (bicyclic) bond motifs is 2. The Hall–Kier alpha value is -1.91. The molecule has 4 atom stereocenters. The quantitative estimate of drug-likeness (QED) is 0.385. The predicted molar refractivity (Wildman–Crippen MR) is 125 cm³/mol. The molecule has 34 heavy (non-hydrogen) atoms. The van der Waals surface area contributed by atoms with Crippen LogP contribution in [-0.2, 0) is 19.1 Å². The molecule has 2 fully saturated rings. The largest absolute Gasteiger partial charge is 0.481 e. The molecule has 2 aliphatic heterocycles. The third-order valence-corrected chi connectivity index (χ3v) is 7.34. The lowest BCUT2D eigenvalue weighted by Gasteiger charge is -2.43. The molecular formula is C23H31Cl2NO8. The molecule has 9 nitrogen and oxygen atoms in total. The second kappa shape index (κ2) is 12.2. The highest BCUT2D eigenvalue weighted by Gasteiger charge is 2.46.